The molecule has 0 spiro atoms. The van der Waals surface area contributed by atoms with Gasteiger partial charge in [-0.2, -0.15) is 0 Å². The minimum atomic E-state index is -1.13. The molecule has 0 saturated heterocycles. The molecule has 0 saturated carbocycles. The second-order valence-electron chi connectivity index (χ2n) is 1.73. The zero-order valence-corrected chi connectivity index (χ0v) is 5.02. The van der Waals surface area contributed by atoms with E-state index < -0.39 is 12.0 Å². The fraction of sp³-hybridized carbons (Fsp3) is 0.200. The summed E-state index contributed by atoms with van der Waals surface area (Å²) in [5.41, 5.74) is 5.15. The van der Waals surface area contributed by atoms with Crippen molar-refractivity contribution in [3.05, 3.63) is 18.0 Å². The molecule has 3 N–H and O–H groups in total. The lowest BCUT2D eigenvalue weighted by Gasteiger charge is -1.97. The number of nitrogens with zero attached hydrogens (tertiary/aromatic N) is 1. The first-order valence-electron chi connectivity index (χ1n) is 2.61. The summed E-state index contributed by atoms with van der Waals surface area (Å²) >= 11 is 0. The largest absolute Gasteiger partial charge is 0.480 e. The van der Waals surface area contributed by atoms with Crippen LogP contribution in [0.2, 0.25) is 0 Å². The lowest BCUT2D eigenvalue weighted by molar-refractivity contribution is -0.139. The number of aromatic nitrogens is 1. The minimum absolute atomic E-state index is 0.160. The van der Waals surface area contributed by atoms with E-state index in [9.17, 15) is 4.79 Å². The maximum Gasteiger partial charge on any atom is 0.328 e. The molecule has 0 unspecified atom stereocenters. The summed E-state index contributed by atoms with van der Waals surface area (Å²) in [6.45, 7) is 0. The van der Waals surface area contributed by atoms with Crippen molar-refractivity contribution in [2.24, 2.45) is 5.73 Å². The summed E-state index contributed by atoms with van der Waals surface area (Å²) in [6.07, 6.45) is 1.35. The Morgan fingerprint density at radius 2 is 2.60 bits per heavy atom. The number of rotatable bonds is 2. The molecule has 0 fully saturated rings. The lowest BCUT2D eigenvalue weighted by atomic mass is 10.2. The monoisotopic (exact) mass is 142 g/mol. The third kappa shape index (κ3) is 1.14. The minimum Gasteiger partial charge on any atom is -0.480 e. The van der Waals surface area contributed by atoms with E-state index in [1.165, 1.54) is 12.3 Å². The Hall–Kier alpha value is -1.36. The van der Waals surface area contributed by atoms with Gasteiger partial charge < -0.3 is 15.4 Å². The van der Waals surface area contributed by atoms with Gasteiger partial charge in [0.25, 0.3) is 0 Å². The lowest BCUT2D eigenvalue weighted by Crippen LogP contribution is -2.19. The molecule has 10 heavy (non-hydrogen) atoms. The highest BCUT2D eigenvalue weighted by Gasteiger charge is 2.16. The smallest absolute Gasteiger partial charge is 0.328 e. The summed E-state index contributed by atoms with van der Waals surface area (Å²) in [4.78, 5) is 10.2. The molecule has 1 aromatic rings. The van der Waals surface area contributed by atoms with Crippen molar-refractivity contribution in [1.82, 2.24) is 5.16 Å². The molecule has 0 radical (unpaired) electrons. The molecule has 0 aromatic carbocycles. The van der Waals surface area contributed by atoms with Crippen molar-refractivity contribution < 1.29 is 14.4 Å². The fourth-order valence-corrected chi connectivity index (χ4v) is 0.508. The maximum atomic E-state index is 10.2. The van der Waals surface area contributed by atoms with Crippen molar-refractivity contribution in [2.45, 2.75) is 6.04 Å². The van der Waals surface area contributed by atoms with Crippen LogP contribution in [0, 0.1) is 0 Å². The standard InChI is InChI=1S/C5H6N2O3/c6-4(5(8)9)3-1-2-7-10-3/h1-2,4H,6H2,(H,8,9)/t4-/m1/s1. The van der Waals surface area contributed by atoms with Gasteiger partial charge in [0.05, 0.1) is 6.20 Å². The first kappa shape index (κ1) is 6.76. The zero-order valence-electron chi connectivity index (χ0n) is 5.02. The molecular weight excluding hydrogens is 136 g/mol. The normalized spacial score (nSPS) is 12.9. The number of hydrogen-bond donors (Lipinski definition) is 2. The molecule has 0 aliphatic heterocycles. The third-order valence-electron chi connectivity index (χ3n) is 1.03. The Morgan fingerprint density at radius 1 is 1.90 bits per heavy atom. The van der Waals surface area contributed by atoms with Gasteiger partial charge in [-0.15, -0.1) is 0 Å². The van der Waals surface area contributed by atoms with Gasteiger partial charge in [-0.3, -0.25) is 4.79 Å². The first-order valence-corrected chi connectivity index (χ1v) is 2.61. The molecular formula is C5H6N2O3. The quantitative estimate of drug-likeness (QED) is 0.594. The summed E-state index contributed by atoms with van der Waals surface area (Å²) in [5, 5.41) is 11.6. The third-order valence-corrected chi connectivity index (χ3v) is 1.03. The van der Waals surface area contributed by atoms with Crippen LogP contribution in [0.4, 0.5) is 0 Å². The summed E-state index contributed by atoms with van der Waals surface area (Å²) < 4.78 is 4.50. The summed E-state index contributed by atoms with van der Waals surface area (Å²) in [5.74, 6) is -0.968. The van der Waals surface area contributed by atoms with E-state index in [0.29, 0.717) is 0 Å². The van der Waals surface area contributed by atoms with Crippen molar-refractivity contribution in [1.29, 1.82) is 0 Å². The number of aliphatic carboxylic acids is 1. The van der Waals surface area contributed by atoms with Gasteiger partial charge in [0.15, 0.2) is 11.8 Å². The van der Waals surface area contributed by atoms with Crippen molar-refractivity contribution in [3.8, 4) is 0 Å². The number of carboxylic acids is 1. The second-order valence-corrected chi connectivity index (χ2v) is 1.73. The highest BCUT2D eigenvalue weighted by atomic mass is 16.5. The zero-order chi connectivity index (χ0) is 7.56. The van der Waals surface area contributed by atoms with Gasteiger partial charge in [-0.25, -0.2) is 0 Å². The van der Waals surface area contributed by atoms with Gasteiger partial charge in [0.2, 0.25) is 0 Å². The fourth-order valence-electron chi connectivity index (χ4n) is 0.508. The molecule has 1 aromatic heterocycles. The van der Waals surface area contributed by atoms with E-state index >= 15 is 0 Å². The molecule has 1 heterocycles. The Bertz CT molecular complexity index is 219. The number of nitrogens with two attached hydrogens (primary N) is 1. The van der Waals surface area contributed by atoms with Crippen molar-refractivity contribution in [2.75, 3.05) is 0 Å². The van der Waals surface area contributed by atoms with Crippen LogP contribution < -0.4 is 5.73 Å². The number of carbonyl (C=O) groups is 1. The van der Waals surface area contributed by atoms with Gasteiger partial charge in [0, 0.05) is 6.07 Å². The highest BCUT2D eigenvalue weighted by molar-refractivity contribution is 5.74. The number of hydrogen-bond acceptors (Lipinski definition) is 4. The summed E-state index contributed by atoms with van der Waals surface area (Å²) in [7, 11) is 0. The Labute approximate surface area is 56.4 Å². The molecule has 0 aliphatic rings. The van der Waals surface area contributed by atoms with Crippen LogP contribution in [0.1, 0.15) is 11.8 Å². The van der Waals surface area contributed by atoms with Crippen LogP contribution in [0.5, 0.6) is 0 Å². The molecule has 5 nitrogen and oxygen atoms in total. The average molecular weight is 142 g/mol. The summed E-state index contributed by atoms with van der Waals surface area (Å²) in [6, 6.07) is 0.307. The topological polar surface area (TPSA) is 89.4 Å². The Morgan fingerprint density at radius 3 is 3.00 bits per heavy atom. The van der Waals surface area contributed by atoms with Crippen LogP contribution in [-0.2, 0) is 4.79 Å². The van der Waals surface area contributed by atoms with E-state index in [-0.39, 0.29) is 5.76 Å². The Kier molecular flexibility index (Phi) is 1.68. The number of carboxylic acid groups (broad SMARTS) is 1. The molecule has 1 rings (SSSR count). The van der Waals surface area contributed by atoms with Gasteiger partial charge in [0.1, 0.15) is 0 Å². The van der Waals surface area contributed by atoms with E-state index in [0.717, 1.165) is 0 Å². The van der Waals surface area contributed by atoms with Gasteiger partial charge in [-0.1, -0.05) is 5.16 Å². The maximum absolute atomic E-state index is 10.2. The molecule has 0 amide bonds. The second kappa shape index (κ2) is 2.49. The van der Waals surface area contributed by atoms with Crippen molar-refractivity contribution >= 4 is 5.97 Å². The average Bonchev–Trinajstić information content (AvgIpc) is 2.36. The van der Waals surface area contributed by atoms with E-state index in [1.54, 1.807) is 0 Å². The predicted molar refractivity (Wildman–Crippen MR) is 31.1 cm³/mol. The predicted octanol–water partition coefficient (Wildman–Crippen LogP) is -0.241. The van der Waals surface area contributed by atoms with Gasteiger partial charge >= 0.3 is 5.97 Å². The molecule has 1 atom stereocenters. The first-order chi connectivity index (χ1) is 4.72. The van der Waals surface area contributed by atoms with E-state index in [2.05, 4.69) is 9.68 Å². The van der Waals surface area contributed by atoms with Crippen LogP contribution in [0.15, 0.2) is 16.8 Å². The van der Waals surface area contributed by atoms with Crippen LogP contribution in [-0.4, -0.2) is 16.2 Å². The molecule has 0 aliphatic carbocycles. The molecule has 0 bridgehead atoms. The van der Waals surface area contributed by atoms with Gasteiger partial charge in [-0.05, 0) is 0 Å². The van der Waals surface area contributed by atoms with Crippen LogP contribution in [0.3, 0.4) is 0 Å². The Balaban J connectivity index is 2.77. The van der Waals surface area contributed by atoms with Crippen LogP contribution >= 0.6 is 0 Å². The van der Waals surface area contributed by atoms with Crippen LogP contribution in [0.25, 0.3) is 0 Å². The van der Waals surface area contributed by atoms with E-state index in [1.807, 2.05) is 0 Å². The van der Waals surface area contributed by atoms with Crippen molar-refractivity contribution in [3.63, 3.8) is 0 Å². The molecule has 5 heteroatoms. The van der Waals surface area contributed by atoms with E-state index in [4.69, 9.17) is 10.8 Å². The molecule has 54 valence electrons. The SMILES string of the molecule is N[C@@H](C(=O)O)c1ccno1. The highest BCUT2D eigenvalue weighted by Crippen LogP contribution is 2.07.